The molecule has 0 spiro atoms. The molecule has 1 aromatic heterocycles. The van der Waals surface area contributed by atoms with E-state index in [0.29, 0.717) is 22.5 Å². The highest BCUT2D eigenvalue weighted by molar-refractivity contribution is 6.31. The minimum absolute atomic E-state index is 0.191. The van der Waals surface area contributed by atoms with Crippen LogP contribution in [0.3, 0.4) is 0 Å². The van der Waals surface area contributed by atoms with Crippen LogP contribution in [0.1, 0.15) is 27.7 Å². The molecular formula is C14H20ClN5. The van der Waals surface area contributed by atoms with Crippen LogP contribution in [-0.2, 0) is 6.54 Å². The maximum absolute atomic E-state index is 6.04. The Hall–Kier alpha value is -1.62. The van der Waals surface area contributed by atoms with E-state index < -0.39 is 0 Å². The van der Waals surface area contributed by atoms with Crippen molar-refractivity contribution in [1.29, 1.82) is 0 Å². The van der Waals surface area contributed by atoms with E-state index in [2.05, 4.69) is 43.2 Å². The van der Waals surface area contributed by atoms with Crippen molar-refractivity contribution in [3.8, 4) is 11.4 Å². The van der Waals surface area contributed by atoms with Crippen LogP contribution in [0.4, 0.5) is 5.69 Å². The van der Waals surface area contributed by atoms with Crippen molar-refractivity contribution in [3.05, 3.63) is 23.2 Å². The van der Waals surface area contributed by atoms with Crippen LogP contribution in [0.5, 0.6) is 0 Å². The van der Waals surface area contributed by atoms with Gasteiger partial charge in [-0.25, -0.2) is 4.68 Å². The Labute approximate surface area is 124 Å². The van der Waals surface area contributed by atoms with Crippen molar-refractivity contribution in [2.24, 2.45) is 11.3 Å². The Morgan fingerprint density at radius 3 is 2.60 bits per heavy atom. The maximum atomic E-state index is 6.04. The van der Waals surface area contributed by atoms with Gasteiger partial charge in [0.1, 0.15) is 0 Å². The van der Waals surface area contributed by atoms with Crippen LogP contribution < -0.4 is 5.73 Å². The van der Waals surface area contributed by atoms with Gasteiger partial charge < -0.3 is 5.73 Å². The van der Waals surface area contributed by atoms with Crippen LogP contribution >= 0.6 is 11.6 Å². The molecule has 2 N–H and O–H groups in total. The molecule has 20 heavy (non-hydrogen) atoms. The summed E-state index contributed by atoms with van der Waals surface area (Å²) in [6, 6.07) is 5.36. The van der Waals surface area contributed by atoms with Gasteiger partial charge in [-0.15, -0.1) is 5.10 Å². The SMILES string of the molecule is CC(Cn1nnnc1-c1cc(N)cc(Cl)c1)C(C)(C)C. The molecule has 0 aliphatic heterocycles. The van der Waals surface area contributed by atoms with Gasteiger partial charge in [0, 0.05) is 22.8 Å². The summed E-state index contributed by atoms with van der Waals surface area (Å²) >= 11 is 6.04. The molecule has 0 saturated heterocycles. The summed E-state index contributed by atoms with van der Waals surface area (Å²) in [6.07, 6.45) is 0. The lowest BCUT2D eigenvalue weighted by atomic mass is 9.82. The lowest BCUT2D eigenvalue weighted by Crippen LogP contribution is -2.23. The fraction of sp³-hybridized carbons (Fsp3) is 0.500. The second kappa shape index (κ2) is 5.40. The van der Waals surface area contributed by atoms with E-state index in [9.17, 15) is 0 Å². The van der Waals surface area contributed by atoms with E-state index in [-0.39, 0.29) is 5.41 Å². The topological polar surface area (TPSA) is 69.6 Å². The third-order valence-corrected chi connectivity index (χ3v) is 3.85. The molecule has 0 amide bonds. The fourth-order valence-electron chi connectivity index (χ4n) is 1.81. The van der Waals surface area contributed by atoms with E-state index in [1.54, 1.807) is 10.7 Å². The van der Waals surface area contributed by atoms with Gasteiger partial charge in [0.15, 0.2) is 5.82 Å². The molecule has 6 heteroatoms. The summed E-state index contributed by atoms with van der Waals surface area (Å²) in [5.41, 5.74) is 7.45. The molecule has 0 fully saturated rings. The van der Waals surface area contributed by atoms with Crippen molar-refractivity contribution in [3.63, 3.8) is 0 Å². The quantitative estimate of drug-likeness (QED) is 0.882. The number of aromatic nitrogens is 4. The monoisotopic (exact) mass is 293 g/mol. The van der Waals surface area contributed by atoms with Gasteiger partial charge in [0.2, 0.25) is 0 Å². The zero-order valence-corrected chi connectivity index (χ0v) is 13.0. The lowest BCUT2D eigenvalue weighted by molar-refractivity contribution is 0.225. The molecule has 0 bridgehead atoms. The summed E-state index contributed by atoms with van der Waals surface area (Å²) in [5, 5.41) is 12.5. The highest BCUT2D eigenvalue weighted by atomic mass is 35.5. The van der Waals surface area contributed by atoms with E-state index in [4.69, 9.17) is 17.3 Å². The van der Waals surface area contributed by atoms with Crippen molar-refractivity contribution in [2.75, 3.05) is 5.73 Å². The molecule has 0 radical (unpaired) electrons. The molecule has 5 nitrogen and oxygen atoms in total. The number of hydrogen-bond donors (Lipinski definition) is 1. The second-order valence-corrected chi connectivity index (χ2v) is 6.66. The number of rotatable bonds is 3. The van der Waals surface area contributed by atoms with E-state index in [1.165, 1.54) is 0 Å². The summed E-state index contributed by atoms with van der Waals surface area (Å²) < 4.78 is 1.81. The Morgan fingerprint density at radius 2 is 2.00 bits per heavy atom. The van der Waals surface area contributed by atoms with Gasteiger partial charge in [-0.2, -0.15) is 0 Å². The molecule has 108 valence electrons. The van der Waals surface area contributed by atoms with E-state index in [1.807, 2.05) is 12.1 Å². The molecule has 1 aromatic carbocycles. The first-order valence-electron chi connectivity index (χ1n) is 6.60. The van der Waals surface area contributed by atoms with Crippen LogP contribution in [0, 0.1) is 11.3 Å². The minimum Gasteiger partial charge on any atom is -0.399 e. The largest absolute Gasteiger partial charge is 0.399 e. The Balaban J connectivity index is 2.33. The zero-order valence-electron chi connectivity index (χ0n) is 12.3. The minimum atomic E-state index is 0.191. The molecule has 0 saturated carbocycles. The summed E-state index contributed by atoms with van der Waals surface area (Å²) in [6.45, 7) is 9.56. The highest BCUT2D eigenvalue weighted by Gasteiger charge is 2.22. The number of nitrogens with two attached hydrogens (primary N) is 1. The van der Waals surface area contributed by atoms with Gasteiger partial charge in [-0.05, 0) is 40.0 Å². The van der Waals surface area contributed by atoms with Crippen LogP contribution in [0.15, 0.2) is 18.2 Å². The van der Waals surface area contributed by atoms with Gasteiger partial charge in [0.05, 0.1) is 0 Å². The predicted octanol–water partition coefficient (Wildman–Crippen LogP) is 3.26. The predicted molar refractivity (Wildman–Crippen MR) is 81.3 cm³/mol. The van der Waals surface area contributed by atoms with Crippen LogP contribution in [-0.4, -0.2) is 20.2 Å². The number of nitrogens with zero attached hydrogens (tertiary/aromatic N) is 4. The molecule has 1 unspecified atom stereocenters. The number of hydrogen-bond acceptors (Lipinski definition) is 4. The van der Waals surface area contributed by atoms with Gasteiger partial charge in [-0.3, -0.25) is 0 Å². The fourth-order valence-corrected chi connectivity index (χ4v) is 2.05. The molecule has 0 aliphatic rings. The van der Waals surface area contributed by atoms with Gasteiger partial charge >= 0.3 is 0 Å². The zero-order chi connectivity index (χ0) is 14.9. The highest BCUT2D eigenvalue weighted by Crippen LogP contribution is 2.29. The number of tetrazole rings is 1. The van der Waals surface area contributed by atoms with E-state index >= 15 is 0 Å². The van der Waals surface area contributed by atoms with Crippen molar-refractivity contribution < 1.29 is 0 Å². The number of nitrogen functional groups attached to an aromatic ring is 1. The molecule has 2 rings (SSSR count). The first kappa shape index (κ1) is 14.8. The normalized spacial score (nSPS) is 13.4. The number of halogens is 1. The first-order valence-corrected chi connectivity index (χ1v) is 6.98. The molecular weight excluding hydrogens is 274 g/mol. The third kappa shape index (κ3) is 3.28. The van der Waals surface area contributed by atoms with E-state index in [0.717, 1.165) is 12.1 Å². The Kier molecular flexibility index (Phi) is 3.99. The Bertz CT molecular complexity index is 580. The number of anilines is 1. The first-order chi connectivity index (χ1) is 9.27. The summed E-state index contributed by atoms with van der Waals surface area (Å²) in [4.78, 5) is 0. The van der Waals surface area contributed by atoms with Crippen LogP contribution in [0.2, 0.25) is 5.02 Å². The second-order valence-electron chi connectivity index (χ2n) is 6.22. The average molecular weight is 294 g/mol. The van der Waals surface area contributed by atoms with Gasteiger partial charge in [0.25, 0.3) is 0 Å². The van der Waals surface area contributed by atoms with Crippen molar-refractivity contribution in [1.82, 2.24) is 20.2 Å². The third-order valence-electron chi connectivity index (χ3n) is 3.64. The van der Waals surface area contributed by atoms with Crippen molar-refractivity contribution in [2.45, 2.75) is 34.2 Å². The molecule has 0 aliphatic carbocycles. The molecule has 2 aromatic rings. The van der Waals surface area contributed by atoms with Crippen LogP contribution in [0.25, 0.3) is 11.4 Å². The Morgan fingerprint density at radius 1 is 1.30 bits per heavy atom. The summed E-state index contributed by atoms with van der Waals surface area (Å²) in [7, 11) is 0. The molecule has 1 heterocycles. The smallest absolute Gasteiger partial charge is 0.182 e. The molecule has 1 atom stereocenters. The lowest BCUT2D eigenvalue weighted by Gasteiger charge is -2.27. The summed E-state index contributed by atoms with van der Waals surface area (Å²) in [5.74, 6) is 1.12. The maximum Gasteiger partial charge on any atom is 0.182 e. The van der Waals surface area contributed by atoms with Gasteiger partial charge in [-0.1, -0.05) is 39.3 Å². The number of benzene rings is 1. The van der Waals surface area contributed by atoms with Crippen molar-refractivity contribution >= 4 is 17.3 Å². The standard InChI is InChI=1S/C14H20ClN5/c1-9(14(2,3)4)8-20-13(17-18-19-20)10-5-11(15)7-12(16)6-10/h5-7,9H,8,16H2,1-4H3. The average Bonchev–Trinajstić information content (AvgIpc) is 2.74.